The van der Waals surface area contributed by atoms with Crippen LogP contribution >= 0.6 is 0 Å². The average molecular weight is 204 g/mol. The standard InChI is InChI=1S/C13H16O2/c1-15-11-5-3-2-4-10(11)13-7-6-9(8-13)12(13)14/h2-5,9,12,14H,6-8H2,1H3. The van der Waals surface area contributed by atoms with Crippen molar-refractivity contribution in [1.82, 2.24) is 0 Å². The number of methoxy groups -OCH3 is 1. The Balaban J connectivity index is 2.06. The molecule has 4 rings (SSSR count). The lowest BCUT2D eigenvalue weighted by Crippen LogP contribution is -2.48. The van der Waals surface area contributed by atoms with Crippen LogP contribution in [0.3, 0.4) is 0 Å². The van der Waals surface area contributed by atoms with Gasteiger partial charge in [-0.15, -0.1) is 0 Å². The Morgan fingerprint density at radius 3 is 2.80 bits per heavy atom. The molecule has 1 aromatic rings. The molecular formula is C13H16O2. The zero-order valence-electron chi connectivity index (χ0n) is 8.94. The molecule has 0 saturated heterocycles. The maximum absolute atomic E-state index is 10.1. The molecule has 3 aliphatic rings. The molecule has 1 aromatic carbocycles. The van der Waals surface area contributed by atoms with E-state index >= 15 is 0 Å². The minimum atomic E-state index is -0.145. The maximum Gasteiger partial charge on any atom is 0.122 e. The van der Waals surface area contributed by atoms with Crippen LogP contribution in [0.5, 0.6) is 5.75 Å². The molecule has 0 radical (unpaired) electrons. The summed E-state index contributed by atoms with van der Waals surface area (Å²) in [6.45, 7) is 0. The van der Waals surface area contributed by atoms with Crippen molar-refractivity contribution in [1.29, 1.82) is 0 Å². The lowest BCUT2D eigenvalue weighted by Gasteiger charge is -2.45. The van der Waals surface area contributed by atoms with Gasteiger partial charge in [0.25, 0.3) is 0 Å². The highest BCUT2D eigenvalue weighted by Crippen LogP contribution is 2.61. The zero-order valence-corrected chi connectivity index (χ0v) is 8.94. The molecule has 0 heterocycles. The molecule has 0 aromatic heterocycles. The summed E-state index contributed by atoms with van der Waals surface area (Å²) in [5.41, 5.74) is 1.21. The van der Waals surface area contributed by atoms with Gasteiger partial charge in [-0.25, -0.2) is 0 Å². The van der Waals surface area contributed by atoms with Crippen LogP contribution in [0.1, 0.15) is 24.8 Å². The number of hydrogen-bond donors (Lipinski definition) is 1. The van der Waals surface area contributed by atoms with Crippen molar-refractivity contribution in [3.63, 3.8) is 0 Å². The zero-order chi connectivity index (χ0) is 10.5. The lowest BCUT2D eigenvalue weighted by molar-refractivity contribution is -0.0185. The van der Waals surface area contributed by atoms with E-state index in [2.05, 4.69) is 6.07 Å². The van der Waals surface area contributed by atoms with Crippen LogP contribution in [0.4, 0.5) is 0 Å². The summed E-state index contributed by atoms with van der Waals surface area (Å²) in [4.78, 5) is 0. The van der Waals surface area contributed by atoms with Crippen LogP contribution in [-0.4, -0.2) is 18.3 Å². The number of aliphatic hydroxyl groups is 1. The number of rotatable bonds is 2. The van der Waals surface area contributed by atoms with Crippen molar-refractivity contribution in [3.05, 3.63) is 29.8 Å². The second kappa shape index (κ2) is 2.99. The van der Waals surface area contributed by atoms with Crippen molar-refractivity contribution in [3.8, 4) is 5.75 Å². The molecule has 2 bridgehead atoms. The summed E-state index contributed by atoms with van der Waals surface area (Å²) in [7, 11) is 1.70. The number of hydrogen-bond acceptors (Lipinski definition) is 2. The van der Waals surface area contributed by atoms with Crippen molar-refractivity contribution < 1.29 is 9.84 Å². The Hall–Kier alpha value is -1.02. The Morgan fingerprint density at radius 1 is 1.40 bits per heavy atom. The number of aliphatic hydroxyl groups excluding tert-OH is 1. The third-order valence-electron chi connectivity index (χ3n) is 4.24. The van der Waals surface area contributed by atoms with Gasteiger partial charge in [-0.1, -0.05) is 18.2 Å². The summed E-state index contributed by atoms with van der Waals surface area (Å²) in [6, 6.07) is 8.10. The summed E-state index contributed by atoms with van der Waals surface area (Å²) >= 11 is 0. The van der Waals surface area contributed by atoms with Crippen LogP contribution in [-0.2, 0) is 5.41 Å². The van der Waals surface area contributed by atoms with Crippen LogP contribution in [0.2, 0.25) is 0 Å². The van der Waals surface area contributed by atoms with Gasteiger partial charge >= 0.3 is 0 Å². The van der Waals surface area contributed by atoms with Gasteiger partial charge in [0.2, 0.25) is 0 Å². The van der Waals surface area contributed by atoms with Gasteiger partial charge in [-0.2, -0.15) is 0 Å². The van der Waals surface area contributed by atoms with Crippen LogP contribution in [0.15, 0.2) is 24.3 Å². The van der Waals surface area contributed by atoms with Crippen molar-refractivity contribution in [2.45, 2.75) is 30.8 Å². The van der Waals surface area contributed by atoms with Gasteiger partial charge in [-0.3, -0.25) is 0 Å². The highest BCUT2D eigenvalue weighted by atomic mass is 16.5. The van der Waals surface area contributed by atoms with Gasteiger partial charge in [0.15, 0.2) is 0 Å². The van der Waals surface area contributed by atoms with E-state index in [1.165, 1.54) is 12.0 Å². The van der Waals surface area contributed by atoms with E-state index in [4.69, 9.17) is 4.74 Å². The van der Waals surface area contributed by atoms with Crippen LogP contribution < -0.4 is 4.74 Å². The molecule has 3 atom stereocenters. The monoisotopic (exact) mass is 204 g/mol. The third-order valence-corrected chi connectivity index (χ3v) is 4.24. The molecule has 3 fully saturated rings. The average Bonchev–Trinajstić information content (AvgIpc) is 2.86. The van der Waals surface area contributed by atoms with E-state index in [-0.39, 0.29) is 11.5 Å². The van der Waals surface area contributed by atoms with Gasteiger partial charge in [0.05, 0.1) is 13.2 Å². The third kappa shape index (κ3) is 1.03. The predicted molar refractivity (Wildman–Crippen MR) is 58.0 cm³/mol. The van der Waals surface area contributed by atoms with E-state index < -0.39 is 0 Å². The first-order valence-electron chi connectivity index (χ1n) is 5.59. The number of para-hydroxylation sites is 1. The molecular weight excluding hydrogens is 188 g/mol. The normalized spacial score (nSPS) is 37.5. The minimum absolute atomic E-state index is 0.0112. The van der Waals surface area contributed by atoms with Crippen LogP contribution in [0.25, 0.3) is 0 Å². The van der Waals surface area contributed by atoms with Crippen molar-refractivity contribution in [2.24, 2.45) is 5.92 Å². The fraction of sp³-hybridized carbons (Fsp3) is 0.538. The number of ether oxygens (including phenoxy) is 1. The Labute approximate surface area is 89.9 Å². The summed E-state index contributed by atoms with van der Waals surface area (Å²) < 4.78 is 5.38. The molecule has 2 heteroatoms. The molecule has 15 heavy (non-hydrogen) atoms. The molecule has 1 N–H and O–H groups in total. The molecule has 3 aliphatic carbocycles. The topological polar surface area (TPSA) is 29.5 Å². The molecule has 2 nitrogen and oxygen atoms in total. The smallest absolute Gasteiger partial charge is 0.122 e. The highest BCUT2D eigenvalue weighted by Gasteiger charge is 2.60. The largest absolute Gasteiger partial charge is 0.496 e. The molecule has 3 saturated carbocycles. The number of benzene rings is 1. The molecule has 80 valence electrons. The van der Waals surface area contributed by atoms with E-state index in [0.29, 0.717) is 5.92 Å². The quantitative estimate of drug-likeness (QED) is 0.799. The molecule has 0 amide bonds. The summed E-state index contributed by atoms with van der Waals surface area (Å²) in [5, 5.41) is 10.1. The Kier molecular flexibility index (Phi) is 1.84. The van der Waals surface area contributed by atoms with Gasteiger partial charge in [0.1, 0.15) is 5.75 Å². The van der Waals surface area contributed by atoms with E-state index in [9.17, 15) is 5.11 Å². The molecule has 3 unspecified atom stereocenters. The predicted octanol–water partition coefficient (Wildman–Crippen LogP) is 2.11. The highest BCUT2D eigenvalue weighted by molar-refractivity contribution is 5.44. The fourth-order valence-electron chi connectivity index (χ4n) is 3.40. The maximum atomic E-state index is 10.1. The first-order chi connectivity index (χ1) is 7.28. The van der Waals surface area contributed by atoms with Gasteiger partial charge in [-0.05, 0) is 31.2 Å². The summed E-state index contributed by atoms with van der Waals surface area (Å²) in [6.07, 6.45) is 3.27. The number of fused-ring (bicyclic) bond motifs is 1. The fourth-order valence-corrected chi connectivity index (χ4v) is 3.40. The van der Waals surface area contributed by atoms with Crippen molar-refractivity contribution in [2.75, 3.05) is 7.11 Å². The van der Waals surface area contributed by atoms with Gasteiger partial charge < -0.3 is 9.84 Å². The minimum Gasteiger partial charge on any atom is -0.496 e. The van der Waals surface area contributed by atoms with E-state index in [1.807, 2.05) is 18.2 Å². The Bertz CT molecular complexity index is 384. The second-order valence-corrected chi connectivity index (χ2v) is 4.80. The van der Waals surface area contributed by atoms with Crippen LogP contribution in [0, 0.1) is 5.92 Å². The molecule has 0 aliphatic heterocycles. The van der Waals surface area contributed by atoms with Crippen molar-refractivity contribution >= 4 is 0 Å². The Morgan fingerprint density at radius 2 is 2.20 bits per heavy atom. The van der Waals surface area contributed by atoms with E-state index in [0.717, 1.165) is 18.6 Å². The molecule has 0 spiro atoms. The summed E-state index contributed by atoms with van der Waals surface area (Å²) in [5.74, 6) is 1.46. The van der Waals surface area contributed by atoms with Gasteiger partial charge in [0, 0.05) is 11.0 Å². The second-order valence-electron chi connectivity index (χ2n) is 4.80. The van der Waals surface area contributed by atoms with E-state index in [1.54, 1.807) is 7.11 Å². The lowest BCUT2D eigenvalue weighted by atomic mass is 9.63. The first kappa shape index (κ1) is 9.22. The SMILES string of the molecule is COc1ccccc1C12CCC(C1)C2O. The first-order valence-corrected chi connectivity index (χ1v) is 5.59.